The summed E-state index contributed by atoms with van der Waals surface area (Å²) in [5, 5.41) is 13.1. The lowest BCUT2D eigenvalue weighted by molar-refractivity contribution is -0.123. The molecule has 1 amide bonds. The number of halogens is 1. The summed E-state index contributed by atoms with van der Waals surface area (Å²) >= 11 is 6.30. The Kier molecular flexibility index (Phi) is 6.86. The molecule has 2 aromatic rings. The van der Waals surface area contributed by atoms with Gasteiger partial charge in [-0.3, -0.25) is 9.59 Å². The third kappa shape index (κ3) is 5.33. The Morgan fingerprint density at radius 1 is 1.26 bits per heavy atom. The van der Waals surface area contributed by atoms with Crippen LogP contribution in [0.5, 0.6) is 5.75 Å². The van der Waals surface area contributed by atoms with Crippen LogP contribution in [-0.2, 0) is 20.9 Å². The van der Waals surface area contributed by atoms with E-state index < -0.39 is 5.92 Å². The Morgan fingerprint density at radius 3 is 2.71 bits per heavy atom. The molecule has 1 atom stereocenters. The maximum Gasteiger partial charge on any atom is 0.258 e. The summed E-state index contributed by atoms with van der Waals surface area (Å²) in [5.41, 5.74) is 7.76. The minimum Gasteiger partial charge on any atom is -0.483 e. The Bertz CT molecular complexity index is 1280. The standard InChI is InChI=1S/C27H26ClN3O4/c1-27(2)11-20(32)25-22(12-27)35-26(30)19(13-29)24(25)18-10-17(28)8-9-21(18)34-15-23(33)31-14-16-6-4-3-5-7-16/h3-10,24H,11-12,14-15,30H2,1-2H3,(H,31,33). The van der Waals surface area contributed by atoms with Crippen molar-refractivity contribution >= 4 is 23.3 Å². The van der Waals surface area contributed by atoms with Crippen LogP contribution in [0.25, 0.3) is 0 Å². The van der Waals surface area contributed by atoms with E-state index in [1.54, 1.807) is 18.2 Å². The van der Waals surface area contributed by atoms with Gasteiger partial charge in [0.25, 0.3) is 5.91 Å². The molecule has 2 aliphatic rings. The summed E-state index contributed by atoms with van der Waals surface area (Å²) in [4.78, 5) is 25.7. The predicted molar refractivity (Wildman–Crippen MR) is 131 cm³/mol. The number of nitrogens with zero attached hydrogens (tertiary/aromatic N) is 1. The van der Waals surface area contributed by atoms with Gasteiger partial charge in [0.15, 0.2) is 12.4 Å². The molecule has 0 radical (unpaired) electrons. The fourth-order valence-electron chi connectivity index (χ4n) is 4.46. The first-order chi connectivity index (χ1) is 16.7. The number of allylic oxidation sites excluding steroid dienone is 3. The van der Waals surface area contributed by atoms with Crippen molar-refractivity contribution in [3.63, 3.8) is 0 Å². The monoisotopic (exact) mass is 491 g/mol. The van der Waals surface area contributed by atoms with Gasteiger partial charge in [-0.2, -0.15) is 5.26 Å². The summed E-state index contributed by atoms with van der Waals surface area (Å²) in [6.45, 7) is 4.08. The SMILES string of the molecule is CC1(C)CC(=O)C2=C(C1)OC(N)=C(C#N)C2c1cc(Cl)ccc1OCC(=O)NCc1ccccc1. The van der Waals surface area contributed by atoms with Crippen LogP contribution in [0.2, 0.25) is 5.02 Å². The van der Waals surface area contributed by atoms with Gasteiger partial charge in [0, 0.05) is 35.5 Å². The lowest BCUT2D eigenvalue weighted by atomic mass is 9.70. The molecule has 1 aliphatic carbocycles. The second-order valence-corrected chi connectivity index (χ2v) is 9.87. The highest BCUT2D eigenvalue weighted by Crippen LogP contribution is 2.49. The van der Waals surface area contributed by atoms with E-state index in [1.807, 2.05) is 44.2 Å². The van der Waals surface area contributed by atoms with Gasteiger partial charge in [-0.25, -0.2) is 0 Å². The minimum atomic E-state index is -0.798. The first kappa shape index (κ1) is 24.4. The molecule has 1 unspecified atom stereocenters. The number of nitriles is 1. The average Bonchev–Trinajstić information content (AvgIpc) is 2.81. The topological polar surface area (TPSA) is 114 Å². The van der Waals surface area contributed by atoms with Crippen molar-refractivity contribution in [2.75, 3.05) is 6.61 Å². The minimum absolute atomic E-state index is 0.0479. The Morgan fingerprint density at radius 2 is 2.00 bits per heavy atom. The molecule has 0 spiro atoms. The number of benzene rings is 2. The Labute approximate surface area is 209 Å². The number of nitrogens with one attached hydrogen (secondary N) is 1. The van der Waals surface area contributed by atoms with Gasteiger partial charge in [0.2, 0.25) is 5.88 Å². The third-order valence-electron chi connectivity index (χ3n) is 6.05. The normalized spacial score (nSPS) is 18.9. The zero-order chi connectivity index (χ0) is 25.2. The zero-order valence-electron chi connectivity index (χ0n) is 19.6. The number of ketones is 1. The summed E-state index contributed by atoms with van der Waals surface area (Å²) in [6.07, 6.45) is 0.811. The van der Waals surface area contributed by atoms with Crippen LogP contribution in [-0.4, -0.2) is 18.3 Å². The maximum absolute atomic E-state index is 13.2. The fourth-order valence-corrected chi connectivity index (χ4v) is 4.64. The number of rotatable bonds is 6. The number of carbonyl (C=O) groups is 2. The van der Waals surface area contributed by atoms with Crippen molar-refractivity contribution in [3.8, 4) is 11.8 Å². The molecule has 0 saturated heterocycles. The van der Waals surface area contributed by atoms with Crippen LogP contribution < -0.4 is 15.8 Å². The number of ether oxygens (including phenoxy) is 2. The molecule has 0 aromatic heterocycles. The second-order valence-electron chi connectivity index (χ2n) is 9.44. The Balaban J connectivity index is 1.63. The summed E-state index contributed by atoms with van der Waals surface area (Å²) in [6, 6.07) is 16.5. The van der Waals surface area contributed by atoms with Gasteiger partial charge in [0.1, 0.15) is 23.2 Å². The maximum atomic E-state index is 13.2. The van der Waals surface area contributed by atoms with Crippen LogP contribution in [0, 0.1) is 16.7 Å². The van der Waals surface area contributed by atoms with E-state index in [4.69, 9.17) is 26.8 Å². The van der Waals surface area contributed by atoms with Gasteiger partial charge < -0.3 is 20.5 Å². The number of hydrogen-bond acceptors (Lipinski definition) is 6. The van der Waals surface area contributed by atoms with E-state index in [9.17, 15) is 14.9 Å². The van der Waals surface area contributed by atoms with Crippen LogP contribution in [0.15, 0.2) is 71.3 Å². The smallest absolute Gasteiger partial charge is 0.258 e. The lowest BCUT2D eigenvalue weighted by Gasteiger charge is -2.37. The number of nitrogens with two attached hydrogens (primary N) is 1. The van der Waals surface area contributed by atoms with Crippen molar-refractivity contribution in [1.82, 2.24) is 5.32 Å². The Hall–Kier alpha value is -3.76. The number of Topliss-reactive ketones (excluding diaryl/α,β-unsaturated/α-hetero) is 1. The van der Waals surface area contributed by atoms with Crippen LogP contribution >= 0.6 is 11.6 Å². The highest BCUT2D eigenvalue weighted by atomic mass is 35.5. The van der Waals surface area contributed by atoms with Crippen molar-refractivity contribution in [2.45, 2.75) is 39.2 Å². The first-order valence-corrected chi connectivity index (χ1v) is 11.6. The molecule has 0 saturated carbocycles. The quantitative estimate of drug-likeness (QED) is 0.615. The molecule has 0 fully saturated rings. The van der Waals surface area contributed by atoms with Crippen molar-refractivity contribution < 1.29 is 19.1 Å². The number of amides is 1. The molecule has 0 bridgehead atoms. The van der Waals surface area contributed by atoms with E-state index >= 15 is 0 Å². The van der Waals surface area contributed by atoms with Gasteiger partial charge in [0.05, 0.1) is 5.92 Å². The van der Waals surface area contributed by atoms with Gasteiger partial charge >= 0.3 is 0 Å². The molecule has 35 heavy (non-hydrogen) atoms. The first-order valence-electron chi connectivity index (χ1n) is 11.3. The van der Waals surface area contributed by atoms with Gasteiger partial charge in [-0.15, -0.1) is 0 Å². The van der Waals surface area contributed by atoms with E-state index in [0.29, 0.717) is 47.1 Å². The third-order valence-corrected chi connectivity index (χ3v) is 6.28. The van der Waals surface area contributed by atoms with E-state index in [0.717, 1.165) is 5.56 Å². The molecular formula is C27H26ClN3O4. The average molecular weight is 492 g/mol. The van der Waals surface area contributed by atoms with Crippen molar-refractivity contribution in [1.29, 1.82) is 5.26 Å². The molecule has 180 valence electrons. The molecule has 7 nitrogen and oxygen atoms in total. The molecule has 3 N–H and O–H groups in total. The number of carbonyl (C=O) groups excluding carboxylic acids is 2. The van der Waals surface area contributed by atoms with Crippen LogP contribution in [0.1, 0.15) is 43.7 Å². The highest BCUT2D eigenvalue weighted by molar-refractivity contribution is 6.30. The second kappa shape index (κ2) is 9.85. The number of hydrogen-bond donors (Lipinski definition) is 2. The van der Waals surface area contributed by atoms with E-state index in [2.05, 4.69) is 11.4 Å². The largest absolute Gasteiger partial charge is 0.483 e. The zero-order valence-corrected chi connectivity index (χ0v) is 20.3. The molecule has 4 rings (SSSR count). The molecule has 1 heterocycles. The molecule has 8 heteroatoms. The summed E-state index contributed by atoms with van der Waals surface area (Å²) in [7, 11) is 0. The van der Waals surface area contributed by atoms with E-state index in [1.165, 1.54) is 0 Å². The molecular weight excluding hydrogens is 466 g/mol. The lowest BCUT2D eigenvalue weighted by Crippen LogP contribution is -2.33. The summed E-state index contributed by atoms with van der Waals surface area (Å²) in [5.74, 6) is -0.483. The summed E-state index contributed by atoms with van der Waals surface area (Å²) < 4.78 is 11.6. The molecule has 2 aromatic carbocycles. The molecule has 1 aliphatic heterocycles. The van der Waals surface area contributed by atoms with Crippen LogP contribution in [0.4, 0.5) is 0 Å². The van der Waals surface area contributed by atoms with Crippen LogP contribution in [0.3, 0.4) is 0 Å². The van der Waals surface area contributed by atoms with Gasteiger partial charge in [-0.05, 0) is 29.2 Å². The van der Waals surface area contributed by atoms with Gasteiger partial charge in [-0.1, -0.05) is 55.8 Å². The fraction of sp³-hybridized carbons (Fsp3) is 0.296. The van der Waals surface area contributed by atoms with Crippen molar-refractivity contribution in [2.24, 2.45) is 11.1 Å². The predicted octanol–water partition coefficient (Wildman–Crippen LogP) is 4.49. The van der Waals surface area contributed by atoms with E-state index in [-0.39, 0.29) is 35.2 Å². The highest BCUT2D eigenvalue weighted by Gasteiger charge is 2.43. The van der Waals surface area contributed by atoms with Crippen molar-refractivity contribution in [3.05, 3.63) is 87.5 Å².